The van der Waals surface area contributed by atoms with E-state index >= 15 is 0 Å². The van der Waals surface area contributed by atoms with Gasteiger partial charge in [0.05, 0.1) is 0 Å². The van der Waals surface area contributed by atoms with Crippen LogP contribution in [-0.2, 0) is 11.2 Å². The van der Waals surface area contributed by atoms with Gasteiger partial charge in [0.25, 0.3) is 0 Å². The second kappa shape index (κ2) is 12.7. The molecule has 2 nitrogen and oxygen atoms in total. The molecule has 0 aromatic heterocycles. The zero-order valence-corrected chi connectivity index (χ0v) is 18.9. The van der Waals surface area contributed by atoms with Crippen LogP contribution in [0.2, 0.25) is 0 Å². The maximum atomic E-state index is 12.0. The van der Waals surface area contributed by atoms with Crippen LogP contribution in [0.25, 0.3) is 11.1 Å². The van der Waals surface area contributed by atoms with E-state index < -0.39 is 11.3 Å². The number of hydrogen-bond acceptors (Lipinski definition) is 2. The molecule has 29 heavy (non-hydrogen) atoms. The Morgan fingerprint density at radius 1 is 0.828 bits per heavy atom. The number of esters is 1. The number of unbranched alkanes of at least 4 members (excludes halogenated alkanes) is 6. The summed E-state index contributed by atoms with van der Waals surface area (Å²) in [5.74, 6) is 0.174. The van der Waals surface area contributed by atoms with E-state index in [0.717, 1.165) is 12.0 Å². The van der Waals surface area contributed by atoms with Gasteiger partial charge in [0.2, 0.25) is 0 Å². The van der Waals surface area contributed by atoms with Gasteiger partial charge in [-0.25, -0.2) is 0 Å². The molecule has 1 atom stereocenters. The molecule has 0 heterocycles. The monoisotopic (exact) mass is 414 g/mol. The van der Waals surface area contributed by atoms with Crippen LogP contribution in [0.3, 0.4) is 0 Å². The number of hydrogen-bond donors (Lipinski definition) is 0. The lowest BCUT2D eigenvalue weighted by Crippen LogP contribution is -2.25. The number of alkyl halides is 1. The highest BCUT2D eigenvalue weighted by molar-refractivity contribution is 6.30. The minimum Gasteiger partial charge on any atom is -0.425 e. The summed E-state index contributed by atoms with van der Waals surface area (Å²) in [6.45, 7) is 6.06. The van der Waals surface area contributed by atoms with Gasteiger partial charge >= 0.3 is 5.97 Å². The summed E-state index contributed by atoms with van der Waals surface area (Å²) in [7, 11) is 0. The Balaban J connectivity index is 1.81. The first-order chi connectivity index (χ1) is 14.0. The van der Waals surface area contributed by atoms with Crippen LogP contribution in [-0.4, -0.2) is 11.3 Å². The minimum atomic E-state index is -0.626. The second-order valence-corrected chi connectivity index (χ2v) is 8.63. The van der Waals surface area contributed by atoms with Gasteiger partial charge in [-0.3, -0.25) is 4.79 Å². The zero-order chi connectivity index (χ0) is 21.1. The molecule has 3 heteroatoms. The van der Waals surface area contributed by atoms with Crippen molar-refractivity contribution in [3.63, 3.8) is 0 Å². The Kier molecular flexibility index (Phi) is 10.3. The van der Waals surface area contributed by atoms with Crippen LogP contribution < -0.4 is 4.74 Å². The van der Waals surface area contributed by atoms with E-state index in [0.29, 0.717) is 5.75 Å². The molecular weight excluding hydrogens is 380 g/mol. The van der Waals surface area contributed by atoms with Crippen LogP contribution in [0.1, 0.15) is 71.3 Å². The summed E-state index contributed by atoms with van der Waals surface area (Å²) in [6, 6.07) is 16.4. The van der Waals surface area contributed by atoms with E-state index in [2.05, 4.69) is 31.2 Å². The number of carbonyl (C=O) groups is 1. The van der Waals surface area contributed by atoms with Crippen molar-refractivity contribution in [2.45, 2.75) is 77.5 Å². The van der Waals surface area contributed by atoms with Crippen molar-refractivity contribution in [1.29, 1.82) is 0 Å². The van der Waals surface area contributed by atoms with Crippen LogP contribution in [0.4, 0.5) is 0 Å². The molecule has 0 amide bonds. The average molecular weight is 415 g/mol. The molecule has 0 aliphatic carbocycles. The first kappa shape index (κ1) is 23.5. The molecule has 0 fully saturated rings. The van der Waals surface area contributed by atoms with Crippen molar-refractivity contribution in [3.05, 3.63) is 54.1 Å². The standard InChI is InChI=1S/C26H35ClO2/c1-4-5-6-7-8-9-10-11-21-12-14-22(15-13-21)23-16-18-24(19-17-23)29-26(28)25(27)20(2)3/h12-20,25H,4-11H2,1-3H3. The van der Waals surface area contributed by atoms with Gasteiger partial charge in [-0.05, 0) is 47.6 Å². The SMILES string of the molecule is CCCCCCCCCc1ccc(-c2ccc(OC(=O)C(Cl)C(C)C)cc2)cc1. The quantitative estimate of drug-likeness (QED) is 0.153. The Bertz CT molecular complexity index is 719. The highest BCUT2D eigenvalue weighted by Gasteiger charge is 2.21. The number of rotatable bonds is 12. The predicted molar refractivity (Wildman–Crippen MR) is 124 cm³/mol. The lowest BCUT2D eigenvalue weighted by molar-refractivity contribution is -0.134. The summed E-state index contributed by atoms with van der Waals surface area (Å²) in [5.41, 5.74) is 3.68. The number of ether oxygens (including phenoxy) is 1. The maximum absolute atomic E-state index is 12.0. The Morgan fingerprint density at radius 3 is 1.90 bits per heavy atom. The average Bonchev–Trinajstić information content (AvgIpc) is 2.73. The fourth-order valence-corrected chi connectivity index (χ4v) is 3.35. The Morgan fingerprint density at radius 2 is 1.34 bits per heavy atom. The summed E-state index contributed by atoms with van der Waals surface area (Å²) in [4.78, 5) is 12.0. The predicted octanol–water partition coefficient (Wildman–Crippen LogP) is 7.82. The number of carbonyl (C=O) groups excluding carboxylic acids is 1. The lowest BCUT2D eigenvalue weighted by Gasteiger charge is -2.12. The molecule has 0 saturated heterocycles. The third-order valence-electron chi connectivity index (χ3n) is 5.24. The van der Waals surface area contributed by atoms with Crippen molar-refractivity contribution in [2.24, 2.45) is 5.92 Å². The van der Waals surface area contributed by atoms with Crippen LogP contribution in [0, 0.1) is 5.92 Å². The first-order valence-corrected chi connectivity index (χ1v) is 11.5. The van der Waals surface area contributed by atoms with Crippen LogP contribution >= 0.6 is 11.6 Å². The molecule has 2 aromatic carbocycles. The Hall–Kier alpha value is -1.80. The lowest BCUT2D eigenvalue weighted by atomic mass is 10.0. The summed E-state index contributed by atoms with van der Waals surface area (Å²) in [5, 5.41) is -0.626. The van der Waals surface area contributed by atoms with E-state index in [1.807, 2.05) is 38.1 Å². The van der Waals surface area contributed by atoms with Crippen LogP contribution in [0.15, 0.2) is 48.5 Å². The van der Waals surface area contributed by atoms with Gasteiger partial charge in [0.15, 0.2) is 0 Å². The molecule has 1 unspecified atom stereocenters. The maximum Gasteiger partial charge on any atom is 0.329 e. The van der Waals surface area contributed by atoms with Crippen LogP contribution in [0.5, 0.6) is 5.75 Å². The second-order valence-electron chi connectivity index (χ2n) is 8.16. The number of halogens is 1. The first-order valence-electron chi connectivity index (χ1n) is 11.1. The molecule has 158 valence electrons. The van der Waals surface area contributed by atoms with Gasteiger partial charge in [-0.15, -0.1) is 11.6 Å². The highest BCUT2D eigenvalue weighted by atomic mass is 35.5. The molecule has 0 bridgehead atoms. The van der Waals surface area contributed by atoms with Crippen molar-refractivity contribution in [1.82, 2.24) is 0 Å². The van der Waals surface area contributed by atoms with Gasteiger partial charge in [-0.2, -0.15) is 0 Å². The molecule has 0 radical (unpaired) electrons. The largest absolute Gasteiger partial charge is 0.425 e. The molecule has 2 aromatic rings. The normalized spacial score (nSPS) is 12.2. The van der Waals surface area contributed by atoms with E-state index in [1.54, 1.807) is 0 Å². The van der Waals surface area contributed by atoms with Crippen molar-refractivity contribution in [3.8, 4) is 16.9 Å². The van der Waals surface area contributed by atoms with E-state index in [1.165, 1.54) is 56.1 Å². The Labute approximate surface area is 181 Å². The van der Waals surface area contributed by atoms with Crippen molar-refractivity contribution < 1.29 is 9.53 Å². The third kappa shape index (κ3) is 8.22. The van der Waals surface area contributed by atoms with Gasteiger partial charge in [-0.1, -0.05) is 95.7 Å². The molecular formula is C26H35ClO2. The fraction of sp³-hybridized carbons (Fsp3) is 0.500. The van der Waals surface area contributed by atoms with Gasteiger partial charge in [0, 0.05) is 0 Å². The smallest absolute Gasteiger partial charge is 0.329 e. The van der Waals surface area contributed by atoms with E-state index in [4.69, 9.17) is 16.3 Å². The van der Waals surface area contributed by atoms with E-state index in [-0.39, 0.29) is 5.92 Å². The zero-order valence-electron chi connectivity index (χ0n) is 18.1. The number of aryl methyl sites for hydroxylation is 1. The molecule has 0 aliphatic rings. The van der Waals surface area contributed by atoms with Crippen molar-refractivity contribution >= 4 is 17.6 Å². The number of benzene rings is 2. The molecule has 0 N–H and O–H groups in total. The molecule has 0 aliphatic heterocycles. The minimum absolute atomic E-state index is 0.0445. The molecule has 0 spiro atoms. The summed E-state index contributed by atoms with van der Waals surface area (Å²) < 4.78 is 5.36. The van der Waals surface area contributed by atoms with E-state index in [9.17, 15) is 4.79 Å². The molecule has 2 rings (SSSR count). The highest BCUT2D eigenvalue weighted by Crippen LogP contribution is 2.24. The van der Waals surface area contributed by atoms with Gasteiger partial charge in [0.1, 0.15) is 11.1 Å². The van der Waals surface area contributed by atoms with Gasteiger partial charge < -0.3 is 4.74 Å². The summed E-state index contributed by atoms with van der Waals surface area (Å²) >= 11 is 6.06. The molecule has 0 saturated carbocycles. The van der Waals surface area contributed by atoms with Crippen molar-refractivity contribution in [2.75, 3.05) is 0 Å². The fourth-order valence-electron chi connectivity index (χ4n) is 3.31. The third-order valence-corrected chi connectivity index (χ3v) is 5.92. The summed E-state index contributed by atoms with van der Waals surface area (Å²) in [6.07, 6.45) is 10.5. The topological polar surface area (TPSA) is 26.3 Å².